The second-order valence-electron chi connectivity index (χ2n) is 7.23. The second kappa shape index (κ2) is 5.27. The van der Waals surface area contributed by atoms with Gasteiger partial charge in [0.1, 0.15) is 0 Å². The first-order chi connectivity index (χ1) is 7.67. The van der Waals surface area contributed by atoms with E-state index in [4.69, 9.17) is 4.43 Å². The van der Waals surface area contributed by atoms with Crippen molar-refractivity contribution < 1.29 is 4.43 Å². The first-order valence-corrected chi connectivity index (χ1v) is 9.87. The van der Waals surface area contributed by atoms with Gasteiger partial charge in [0.25, 0.3) is 0 Å². The van der Waals surface area contributed by atoms with E-state index in [2.05, 4.69) is 53.4 Å². The minimum absolute atomic E-state index is 0.326. The van der Waals surface area contributed by atoms with Crippen LogP contribution in [0.15, 0.2) is 12.7 Å². The fraction of sp³-hybridized carbons (Fsp3) is 0.867. The topological polar surface area (TPSA) is 9.23 Å². The van der Waals surface area contributed by atoms with Crippen LogP contribution in [0.1, 0.15) is 47.0 Å². The summed E-state index contributed by atoms with van der Waals surface area (Å²) in [6.07, 6.45) is 6.19. The summed E-state index contributed by atoms with van der Waals surface area (Å²) in [5, 5.41) is 0.326. The molecule has 1 fully saturated rings. The maximum Gasteiger partial charge on any atom is 0.192 e. The molecular formula is C15H30OSi. The minimum Gasteiger partial charge on any atom is -0.414 e. The molecule has 1 aliphatic rings. The van der Waals surface area contributed by atoms with Crippen molar-refractivity contribution in [2.45, 2.75) is 71.2 Å². The van der Waals surface area contributed by atoms with Gasteiger partial charge in [-0.1, -0.05) is 33.8 Å². The van der Waals surface area contributed by atoms with E-state index in [0.29, 0.717) is 11.1 Å². The van der Waals surface area contributed by atoms with E-state index >= 15 is 0 Å². The lowest BCUT2D eigenvalue weighted by molar-refractivity contribution is 0.181. The molecule has 0 bridgehead atoms. The molecular weight excluding hydrogens is 224 g/mol. The van der Waals surface area contributed by atoms with Crippen molar-refractivity contribution in [3.8, 4) is 0 Å². The molecule has 0 radical (unpaired) electrons. The number of allylic oxidation sites excluding steroid dienone is 1. The van der Waals surface area contributed by atoms with Crippen molar-refractivity contribution >= 4 is 8.32 Å². The molecule has 0 heterocycles. The number of hydrogen-bond donors (Lipinski definition) is 0. The average molecular weight is 254 g/mol. The van der Waals surface area contributed by atoms with E-state index < -0.39 is 8.32 Å². The standard InChI is InChI=1S/C15H30OSi/c1-8-9-13-11-14(10-12(13)2)16-17(6,7)15(3,4)5/h8,12-14H,1,9-11H2,2-7H3/t12-,13+,14-/m0/s1. The first-order valence-electron chi connectivity index (χ1n) is 6.96. The zero-order valence-corrected chi connectivity index (χ0v) is 13.5. The lowest BCUT2D eigenvalue weighted by Gasteiger charge is -2.38. The van der Waals surface area contributed by atoms with Gasteiger partial charge in [-0.2, -0.15) is 0 Å². The number of hydrogen-bond acceptors (Lipinski definition) is 1. The van der Waals surface area contributed by atoms with Gasteiger partial charge in [0.05, 0.1) is 0 Å². The van der Waals surface area contributed by atoms with Gasteiger partial charge in [-0.25, -0.2) is 0 Å². The van der Waals surface area contributed by atoms with Crippen molar-refractivity contribution in [2.24, 2.45) is 11.8 Å². The molecule has 1 saturated carbocycles. The highest BCUT2D eigenvalue weighted by Gasteiger charge is 2.41. The molecule has 0 amide bonds. The third-order valence-corrected chi connectivity index (χ3v) is 9.28. The molecule has 0 saturated heterocycles. The van der Waals surface area contributed by atoms with E-state index in [1.54, 1.807) is 0 Å². The molecule has 0 spiro atoms. The van der Waals surface area contributed by atoms with Crippen molar-refractivity contribution in [1.29, 1.82) is 0 Å². The van der Waals surface area contributed by atoms with E-state index in [9.17, 15) is 0 Å². The fourth-order valence-corrected chi connectivity index (χ4v) is 3.88. The summed E-state index contributed by atoms with van der Waals surface area (Å²) in [5.74, 6) is 1.59. The van der Waals surface area contributed by atoms with Crippen LogP contribution < -0.4 is 0 Å². The maximum absolute atomic E-state index is 6.51. The summed E-state index contributed by atoms with van der Waals surface area (Å²) >= 11 is 0. The van der Waals surface area contributed by atoms with E-state index in [0.717, 1.165) is 18.3 Å². The summed E-state index contributed by atoms with van der Waals surface area (Å²) in [4.78, 5) is 0. The normalized spacial score (nSPS) is 30.6. The van der Waals surface area contributed by atoms with Gasteiger partial charge < -0.3 is 4.43 Å². The van der Waals surface area contributed by atoms with Crippen LogP contribution in [-0.2, 0) is 4.43 Å². The van der Waals surface area contributed by atoms with Crippen molar-refractivity contribution in [1.82, 2.24) is 0 Å². The highest BCUT2D eigenvalue weighted by atomic mass is 28.4. The van der Waals surface area contributed by atoms with Crippen LogP contribution >= 0.6 is 0 Å². The van der Waals surface area contributed by atoms with Crippen molar-refractivity contribution in [2.75, 3.05) is 0 Å². The average Bonchev–Trinajstić information content (AvgIpc) is 2.44. The van der Waals surface area contributed by atoms with E-state index in [-0.39, 0.29) is 0 Å². The lowest BCUT2D eigenvalue weighted by Crippen LogP contribution is -2.43. The Hall–Kier alpha value is -0.0831. The Morgan fingerprint density at radius 2 is 1.88 bits per heavy atom. The highest BCUT2D eigenvalue weighted by molar-refractivity contribution is 6.74. The molecule has 0 aliphatic heterocycles. The fourth-order valence-electron chi connectivity index (χ4n) is 2.51. The van der Waals surface area contributed by atoms with Gasteiger partial charge in [0, 0.05) is 6.10 Å². The van der Waals surface area contributed by atoms with Crippen LogP contribution in [-0.4, -0.2) is 14.4 Å². The van der Waals surface area contributed by atoms with Crippen LogP contribution in [0.2, 0.25) is 18.1 Å². The van der Waals surface area contributed by atoms with Gasteiger partial charge in [-0.15, -0.1) is 6.58 Å². The predicted octanol–water partition coefficient (Wildman–Crippen LogP) is 5.00. The molecule has 0 N–H and O–H groups in total. The molecule has 100 valence electrons. The van der Waals surface area contributed by atoms with Gasteiger partial charge in [-0.3, -0.25) is 0 Å². The summed E-state index contributed by atoms with van der Waals surface area (Å²) in [6, 6.07) is 0. The van der Waals surface area contributed by atoms with Gasteiger partial charge in [0.2, 0.25) is 0 Å². The maximum atomic E-state index is 6.51. The zero-order chi connectivity index (χ0) is 13.3. The Kier molecular flexibility index (Phi) is 4.65. The molecule has 0 unspecified atom stereocenters. The largest absolute Gasteiger partial charge is 0.414 e. The van der Waals surface area contributed by atoms with E-state index in [1.165, 1.54) is 12.8 Å². The molecule has 3 atom stereocenters. The Morgan fingerprint density at radius 3 is 2.35 bits per heavy atom. The summed E-state index contributed by atoms with van der Waals surface area (Å²) < 4.78 is 6.51. The first kappa shape index (κ1) is 15.0. The molecule has 1 aliphatic carbocycles. The summed E-state index contributed by atoms with van der Waals surface area (Å²) in [7, 11) is -1.58. The minimum atomic E-state index is -1.58. The van der Waals surface area contributed by atoms with Gasteiger partial charge in [0.15, 0.2) is 8.32 Å². The molecule has 17 heavy (non-hydrogen) atoms. The SMILES string of the molecule is C=CC[C@@H]1C[C@@H](O[Si](C)(C)C(C)(C)C)C[C@@H]1C. The Bertz CT molecular complexity index is 265. The zero-order valence-electron chi connectivity index (χ0n) is 12.5. The van der Waals surface area contributed by atoms with Crippen LogP contribution in [0.5, 0.6) is 0 Å². The molecule has 2 heteroatoms. The van der Waals surface area contributed by atoms with Crippen LogP contribution in [0, 0.1) is 11.8 Å². The third-order valence-electron chi connectivity index (χ3n) is 4.74. The van der Waals surface area contributed by atoms with Gasteiger partial charge in [-0.05, 0) is 49.2 Å². The highest BCUT2D eigenvalue weighted by Crippen LogP contribution is 2.42. The monoisotopic (exact) mass is 254 g/mol. The Balaban J connectivity index is 2.58. The van der Waals surface area contributed by atoms with Gasteiger partial charge >= 0.3 is 0 Å². The lowest BCUT2D eigenvalue weighted by atomic mass is 9.95. The molecule has 0 aromatic carbocycles. The molecule has 0 aromatic heterocycles. The van der Waals surface area contributed by atoms with Crippen molar-refractivity contribution in [3.05, 3.63) is 12.7 Å². The van der Waals surface area contributed by atoms with Crippen LogP contribution in [0.4, 0.5) is 0 Å². The summed E-state index contributed by atoms with van der Waals surface area (Å²) in [6.45, 7) is 17.9. The predicted molar refractivity (Wildman–Crippen MR) is 78.8 cm³/mol. The second-order valence-corrected chi connectivity index (χ2v) is 12.0. The quantitative estimate of drug-likeness (QED) is 0.507. The summed E-state index contributed by atoms with van der Waals surface area (Å²) in [5.41, 5.74) is 0. The molecule has 0 aromatic rings. The Labute approximate surface area is 109 Å². The van der Waals surface area contributed by atoms with Crippen LogP contribution in [0.25, 0.3) is 0 Å². The smallest absolute Gasteiger partial charge is 0.192 e. The Morgan fingerprint density at radius 1 is 1.29 bits per heavy atom. The molecule has 1 nitrogen and oxygen atoms in total. The third kappa shape index (κ3) is 3.69. The van der Waals surface area contributed by atoms with Crippen LogP contribution in [0.3, 0.4) is 0 Å². The van der Waals surface area contributed by atoms with Crippen molar-refractivity contribution in [3.63, 3.8) is 0 Å². The number of rotatable bonds is 4. The molecule has 1 rings (SSSR count). The van der Waals surface area contributed by atoms with E-state index in [1.807, 2.05) is 0 Å².